The van der Waals surface area contributed by atoms with Crippen LogP contribution in [0.4, 0.5) is 0 Å². The zero-order valence-electron chi connectivity index (χ0n) is 11.4. The van der Waals surface area contributed by atoms with Crippen LogP contribution >= 0.6 is 11.3 Å². The van der Waals surface area contributed by atoms with E-state index in [2.05, 4.69) is 34.1 Å². The molecule has 0 fully saturated rings. The van der Waals surface area contributed by atoms with E-state index in [0.29, 0.717) is 12.0 Å². The lowest BCUT2D eigenvalue weighted by Crippen LogP contribution is -1.92. The highest BCUT2D eigenvalue weighted by atomic mass is 32.1. The van der Waals surface area contributed by atoms with Crippen LogP contribution < -0.4 is 0 Å². The summed E-state index contributed by atoms with van der Waals surface area (Å²) in [5, 5.41) is 12.5. The molecule has 104 valence electrons. The third-order valence-electron chi connectivity index (χ3n) is 3.09. The average molecular weight is 294 g/mol. The van der Waals surface area contributed by atoms with Gasteiger partial charge in [0.1, 0.15) is 10.8 Å². The second-order valence-corrected chi connectivity index (χ2v) is 5.57. The predicted molar refractivity (Wildman–Crippen MR) is 86.3 cm³/mol. The van der Waals surface area contributed by atoms with Gasteiger partial charge in [-0.25, -0.2) is 4.98 Å². The van der Waals surface area contributed by atoms with Crippen LogP contribution in [0, 0.1) is 0 Å². The van der Waals surface area contributed by atoms with Gasteiger partial charge in [0.15, 0.2) is 0 Å². The van der Waals surface area contributed by atoms with Crippen LogP contribution in [-0.4, -0.2) is 15.1 Å². The zero-order valence-corrected chi connectivity index (χ0v) is 12.2. The largest absolute Gasteiger partial charge is 0.508 e. The number of benzene rings is 1. The molecule has 0 saturated heterocycles. The first-order chi connectivity index (χ1) is 10.2. The van der Waals surface area contributed by atoms with Gasteiger partial charge in [-0.3, -0.25) is 4.98 Å². The van der Waals surface area contributed by atoms with Crippen LogP contribution in [-0.2, 0) is 6.42 Å². The van der Waals surface area contributed by atoms with E-state index in [-0.39, 0.29) is 5.76 Å². The number of aliphatic hydroxyl groups is 1. The average Bonchev–Trinajstić information content (AvgIpc) is 2.97. The minimum Gasteiger partial charge on any atom is -0.508 e. The summed E-state index contributed by atoms with van der Waals surface area (Å²) in [6.45, 7) is 3.52. The normalized spacial score (nSPS) is 10.5. The third kappa shape index (κ3) is 3.17. The summed E-state index contributed by atoms with van der Waals surface area (Å²) in [5.74, 6) is 0.0348. The van der Waals surface area contributed by atoms with Crippen molar-refractivity contribution in [2.24, 2.45) is 0 Å². The molecule has 3 rings (SSSR count). The highest BCUT2D eigenvalue weighted by Crippen LogP contribution is 2.24. The fraction of sp³-hybridized carbons (Fsp3) is 0.0588. The van der Waals surface area contributed by atoms with Gasteiger partial charge in [0, 0.05) is 35.3 Å². The van der Waals surface area contributed by atoms with Crippen molar-refractivity contribution >= 4 is 17.1 Å². The number of pyridine rings is 1. The summed E-state index contributed by atoms with van der Waals surface area (Å²) < 4.78 is 0. The molecule has 3 aromatic rings. The SMILES string of the molecule is C=C(O)c1cncc(Cc2csc(-c3ccccc3)n2)c1. The van der Waals surface area contributed by atoms with E-state index in [1.807, 2.05) is 24.3 Å². The summed E-state index contributed by atoms with van der Waals surface area (Å²) in [5.41, 5.74) is 3.78. The molecule has 1 aromatic carbocycles. The summed E-state index contributed by atoms with van der Waals surface area (Å²) in [7, 11) is 0. The fourth-order valence-electron chi connectivity index (χ4n) is 2.05. The minimum absolute atomic E-state index is 0.0348. The maximum absolute atomic E-state index is 9.42. The molecule has 0 saturated carbocycles. The lowest BCUT2D eigenvalue weighted by molar-refractivity contribution is 0.513. The first kappa shape index (κ1) is 13.5. The van der Waals surface area contributed by atoms with Gasteiger partial charge in [-0.15, -0.1) is 11.3 Å². The van der Waals surface area contributed by atoms with Crippen molar-refractivity contribution in [3.8, 4) is 10.6 Å². The molecular formula is C17H14N2OS. The summed E-state index contributed by atoms with van der Waals surface area (Å²) in [6, 6.07) is 12.0. The van der Waals surface area contributed by atoms with E-state index in [9.17, 15) is 5.11 Å². The first-order valence-corrected chi connectivity index (χ1v) is 7.42. The van der Waals surface area contributed by atoms with E-state index >= 15 is 0 Å². The Labute approximate surface area is 127 Å². The summed E-state index contributed by atoms with van der Waals surface area (Å²) in [6.07, 6.45) is 4.08. The quantitative estimate of drug-likeness (QED) is 0.729. The van der Waals surface area contributed by atoms with Crippen molar-refractivity contribution in [2.45, 2.75) is 6.42 Å². The molecule has 0 unspecified atom stereocenters. The van der Waals surface area contributed by atoms with Gasteiger partial charge in [-0.05, 0) is 11.6 Å². The van der Waals surface area contributed by atoms with Gasteiger partial charge >= 0.3 is 0 Å². The van der Waals surface area contributed by atoms with Crippen LogP contribution in [0.15, 0.2) is 60.8 Å². The number of rotatable bonds is 4. The Balaban J connectivity index is 1.82. The van der Waals surface area contributed by atoms with Gasteiger partial charge in [0.2, 0.25) is 0 Å². The summed E-state index contributed by atoms with van der Waals surface area (Å²) >= 11 is 1.63. The Hall–Kier alpha value is -2.46. The van der Waals surface area contributed by atoms with Crippen molar-refractivity contribution in [3.63, 3.8) is 0 Å². The highest BCUT2D eigenvalue weighted by molar-refractivity contribution is 7.13. The van der Waals surface area contributed by atoms with Crippen LogP contribution in [0.25, 0.3) is 16.3 Å². The number of aliphatic hydroxyl groups excluding tert-OH is 1. The van der Waals surface area contributed by atoms with Crippen LogP contribution in [0.2, 0.25) is 0 Å². The Morgan fingerprint density at radius 3 is 2.76 bits per heavy atom. The van der Waals surface area contributed by atoms with E-state index in [1.165, 1.54) is 0 Å². The molecule has 3 nitrogen and oxygen atoms in total. The standard InChI is InChI=1S/C17H14N2OS/c1-12(20)15-7-13(9-18-10-15)8-16-11-21-17(19-16)14-5-3-2-4-6-14/h2-7,9-11,20H,1,8H2. The van der Waals surface area contributed by atoms with Gasteiger partial charge in [-0.1, -0.05) is 36.9 Å². The molecule has 0 spiro atoms. The highest BCUT2D eigenvalue weighted by Gasteiger charge is 2.06. The Kier molecular flexibility index (Phi) is 3.79. The second-order valence-electron chi connectivity index (χ2n) is 4.72. The Morgan fingerprint density at radius 1 is 1.19 bits per heavy atom. The van der Waals surface area contributed by atoms with Gasteiger partial charge < -0.3 is 5.11 Å². The van der Waals surface area contributed by atoms with Gasteiger partial charge in [0.25, 0.3) is 0 Å². The molecule has 0 atom stereocenters. The molecule has 0 bridgehead atoms. The third-order valence-corrected chi connectivity index (χ3v) is 4.03. The molecule has 0 radical (unpaired) electrons. The fourth-order valence-corrected chi connectivity index (χ4v) is 2.88. The van der Waals surface area contributed by atoms with E-state index in [0.717, 1.165) is 21.8 Å². The molecule has 4 heteroatoms. The van der Waals surface area contributed by atoms with Crippen LogP contribution in [0.3, 0.4) is 0 Å². The van der Waals surface area contributed by atoms with Crippen molar-refractivity contribution in [3.05, 3.63) is 77.6 Å². The molecule has 2 heterocycles. The Morgan fingerprint density at radius 2 is 2.00 bits per heavy atom. The molecule has 0 aliphatic carbocycles. The maximum Gasteiger partial charge on any atom is 0.123 e. The zero-order chi connectivity index (χ0) is 14.7. The van der Waals surface area contributed by atoms with Crippen molar-refractivity contribution < 1.29 is 5.11 Å². The number of nitrogens with zero attached hydrogens (tertiary/aromatic N) is 2. The molecule has 1 N–H and O–H groups in total. The van der Waals surface area contributed by atoms with Gasteiger partial charge in [-0.2, -0.15) is 0 Å². The van der Waals surface area contributed by atoms with Crippen molar-refractivity contribution in [1.29, 1.82) is 0 Å². The lowest BCUT2D eigenvalue weighted by Gasteiger charge is -2.02. The first-order valence-electron chi connectivity index (χ1n) is 6.54. The smallest absolute Gasteiger partial charge is 0.123 e. The van der Waals surface area contributed by atoms with Crippen LogP contribution in [0.1, 0.15) is 16.8 Å². The number of hydrogen-bond donors (Lipinski definition) is 1. The molecule has 0 aliphatic rings. The van der Waals surface area contributed by atoms with Gasteiger partial charge in [0.05, 0.1) is 5.69 Å². The predicted octanol–water partition coefficient (Wildman–Crippen LogP) is 4.32. The lowest BCUT2D eigenvalue weighted by atomic mass is 10.1. The molecule has 0 aliphatic heterocycles. The maximum atomic E-state index is 9.42. The molecule has 0 amide bonds. The summed E-state index contributed by atoms with van der Waals surface area (Å²) in [4.78, 5) is 8.78. The monoisotopic (exact) mass is 294 g/mol. The molecular weight excluding hydrogens is 280 g/mol. The number of aromatic nitrogens is 2. The number of thiazole rings is 1. The molecule has 2 aromatic heterocycles. The van der Waals surface area contributed by atoms with E-state index in [4.69, 9.17) is 0 Å². The molecule has 21 heavy (non-hydrogen) atoms. The second kappa shape index (κ2) is 5.89. The minimum atomic E-state index is 0.0348. The topological polar surface area (TPSA) is 46.0 Å². The van der Waals surface area contributed by atoms with E-state index in [1.54, 1.807) is 23.7 Å². The number of hydrogen-bond acceptors (Lipinski definition) is 4. The van der Waals surface area contributed by atoms with Crippen molar-refractivity contribution in [2.75, 3.05) is 0 Å². The van der Waals surface area contributed by atoms with Crippen LogP contribution in [0.5, 0.6) is 0 Å². The Bertz CT molecular complexity index is 765. The van der Waals surface area contributed by atoms with Crippen molar-refractivity contribution in [1.82, 2.24) is 9.97 Å². The van der Waals surface area contributed by atoms with E-state index < -0.39 is 0 Å².